The molecule has 0 aliphatic rings. The summed E-state index contributed by atoms with van der Waals surface area (Å²) < 4.78 is 5.28. The Hall–Kier alpha value is -0.0400. The van der Waals surface area contributed by atoms with Crippen LogP contribution in [0.15, 0.2) is 0 Å². The van der Waals surface area contributed by atoms with E-state index in [1.165, 1.54) is 12.8 Å². The second-order valence-electron chi connectivity index (χ2n) is 2.05. The predicted molar refractivity (Wildman–Crippen MR) is 47.3 cm³/mol. The lowest BCUT2D eigenvalue weighted by atomic mass is 10.2. The molecule has 1 nitrogen and oxygen atoms in total. The molecule has 0 aromatic rings. The van der Waals surface area contributed by atoms with Crippen LogP contribution < -0.4 is 0 Å². The van der Waals surface area contributed by atoms with Crippen molar-refractivity contribution in [2.75, 3.05) is 6.61 Å². The minimum atomic E-state index is 0.463. The maximum Gasteiger partial charge on any atom is 0.0546 e. The van der Waals surface area contributed by atoms with E-state index in [-0.39, 0.29) is 0 Å². The van der Waals surface area contributed by atoms with Gasteiger partial charge in [-0.2, -0.15) is 0 Å². The van der Waals surface area contributed by atoms with Crippen molar-refractivity contribution >= 4 is 0 Å². The van der Waals surface area contributed by atoms with Crippen molar-refractivity contribution in [3.63, 3.8) is 0 Å². The molecule has 0 rings (SSSR count). The van der Waals surface area contributed by atoms with Gasteiger partial charge in [-0.3, -0.25) is 0 Å². The van der Waals surface area contributed by atoms with E-state index in [1.807, 2.05) is 20.8 Å². The highest BCUT2D eigenvalue weighted by atomic mass is 16.5. The summed E-state index contributed by atoms with van der Waals surface area (Å²) in [6.07, 6.45) is 2.87. The quantitative estimate of drug-likeness (QED) is 0.591. The molecule has 0 bridgehead atoms. The molecule has 0 radical (unpaired) electrons. The van der Waals surface area contributed by atoms with Crippen LogP contribution in [0.2, 0.25) is 0 Å². The Morgan fingerprint density at radius 3 is 2.00 bits per heavy atom. The Morgan fingerprint density at radius 1 is 1.20 bits per heavy atom. The fourth-order valence-electron chi connectivity index (χ4n) is 0.774. The molecular weight excluding hydrogens is 124 g/mol. The molecule has 0 spiro atoms. The molecule has 1 unspecified atom stereocenters. The Morgan fingerprint density at radius 2 is 1.70 bits per heavy atom. The Bertz CT molecular complexity index is 38.0. The molecule has 0 aliphatic carbocycles. The van der Waals surface area contributed by atoms with Gasteiger partial charge >= 0.3 is 0 Å². The van der Waals surface area contributed by atoms with E-state index >= 15 is 0 Å². The van der Waals surface area contributed by atoms with Crippen LogP contribution in [0.5, 0.6) is 0 Å². The van der Waals surface area contributed by atoms with Gasteiger partial charge < -0.3 is 4.74 Å². The van der Waals surface area contributed by atoms with Crippen LogP contribution in [-0.4, -0.2) is 12.7 Å². The first-order valence-corrected chi connectivity index (χ1v) is 4.42. The van der Waals surface area contributed by atoms with Crippen LogP contribution in [0.3, 0.4) is 0 Å². The summed E-state index contributed by atoms with van der Waals surface area (Å²) in [5.74, 6) is 0. The molecule has 1 heteroatoms. The van der Waals surface area contributed by atoms with E-state index in [0.717, 1.165) is 6.61 Å². The van der Waals surface area contributed by atoms with Crippen LogP contribution in [-0.2, 0) is 4.74 Å². The maximum absolute atomic E-state index is 5.28. The van der Waals surface area contributed by atoms with E-state index in [0.29, 0.717) is 6.10 Å². The lowest BCUT2D eigenvalue weighted by Gasteiger charge is -2.08. The first kappa shape index (κ1) is 12.6. The van der Waals surface area contributed by atoms with Gasteiger partial charge in [-0.25, -0.2) is 0 Å². The first-order chi connectivity index (χ1) is 4.81. The Kier molecular flexibility index (Phi) is 14.8. The van der Waals surface area contributed by atoms with E-state index in [2.05, 4.69) is 13.8 Å². The van der Waals surface area contributed by atoms with Crippen molar-refractivity contribution in [2.24, 2.45) is 0 Å². The molecule has 1 atom stereocenters. The monoisotopic (exact) mass is 146 g/mol. The van der Waals surface area contributed by atoms with Crippen molar-refractivity contribution in [3.8, 4) is 0 Å². The highest BCUT2D eigenvalue weighted by molar-refractivity contribution is 4.45. The molecule has 10 heavy (non-hydrogen) atoms. The van der Waals surface area contributed by atoms with E-state index in [1.54, 1.807) is 0 Å². The summed E-state index contributed by atoms with van der Waals surface area (Å²) in [6, 6.07) is 0. The largest absolute Gasteiger partial charge is 0.379 e. The van der Waals surface area contributed by atoms with Gasteiger partial charge in [0.15, 0.2) is 0 Å². The summed E-state index contributed by atoms with van der Waals surface area (Å²) in [5.41, 5.74) is 0. The van der Waals surface area contributed by atoms with Crippen LogP contribution in [0.25, 0.3) is 0 Å². The summed E-state index contributed by atoms with van der Waals surface area (Å²) >= 11 is 0. The molecule has 0 amide bonds. The third-order valence-corrected chi connectivity index (χ3v) is 1.15. The minimum absolute atomic E-state index is 0.463. The van der Waals surface area contributed by atoms with Crippen molar-refractivity contribution in [1.29, 1.82) is 0 Å². The van der Waals surface area contributed by atoms with Crippen LogP contribution in [0.4, 0.5) is 0 Å². The van der Waals surface area contributed by atoms with Gasteiger partial charge in [-0.15, -0.1) is 0 Å². The predicted octanol–water partition coefficient (Wildman–Crippen LogP) is 3.24. The number of hydrogen-bond donors (Lipinski definition) is 0. The fourth-order valence-corrected chi connectivity index (χ4v) is 0.774. The Balaban J connectivity index is 0. The third kappa shape index (κ3) is 10.9. The van der Waals surface area contributed by atoms with E-state index < -0.39 is 0 Å². The van der Waals surface area contributed by atoms with Crippen LogP contribution in [0.1, 0.15) is 47.5 Å². The zero-order valence-corrected chi connectivity index (χ0v) is 8.11. The van der Waals surface area contributed by atoms with Crippen molar-refractivity contribution in [2.45, 2.75) is 53.6 Å². The summed E-state index contributed by atoms with van der Waals surface area (Å²) in [7, 11) is 0. The molecule has 0 saturated carbocycles. The number of ether oxygens (including phenoxy) is 1. The Labute approximate surface area is 65.8 Å². The zero-order valence-electron chi connectivity index (χ0n) is 8.11. The highest BCUT2D eigenvalue weighted by Gasteiger charge is 1.95. The van der Waals surface area contributed by atoms with Gasteiger partial charge in [0.2, 0.25) is 0 Å². The van der Waals surface area contributed by atoms with Gasteiger partial charge in [0, 0.05) is 6.61 Å². The van der Waals surface area contributed by atoms with Crippen molar-refractivity contribution < 1.29 is 4.74 Å². The second kappa shape index (κ2) is 11.7. The van der Waals surface area contributed by atoms with Gasteiger partial charge in [-0.1, -0.05) is 27.2 Å². The highest BCUT2D eigenvalue weighted by Crippen LogP contribution is 1.98. The van der Waals surface area contributed by atoms with Gasteiger partial charge in [0.1, 0.15) is 0 Å². The normalized spacial score (nSPS) is 11.7. The second-order valence-corrected chi connectivity index (χ2v) is 2.05. The third-order valence-electron chi connectivity index (χ3n) is 1.15. The van der Waals surface area contributed by atoms with E-state index in [4.69, 9.17) is 4.74 Å². The van der Waals surface area contributed by atoms with Crippen molar-refractivity contribution in [1.82, 2.24) is 0 Å². The average molecular weight is 146 g/mol. The topological polar surface area (TPSA) is 9.23 Å². The molecule has 0 fully saturated rings. The maximum atomic E-state index is 5.28. The minimum Gasteiger partial charge on any atom is -0.379 e. The van der Waals surface area contributed by atoms with Crippen LogP contribution in [0, 0.1) is 0 Å². The molecule has 0 N–H and O–H groups in total. The first-order valence-electron chi connectivity index (χ1n) is 4.42. The van der Waals surface area contributed by atoms with Gasteiger partial charge in [0.05, 0.1) is 6.10 Å². The molecule has 0 aliphatic heterocycles. The molecule has 0 heterocycles. The molecule has 64 valence electrons. The van der Waals surface area contributed by atoms with Crippen LogP contribution >= 0.6 is 0 Å². The molecule has 0 aromatic heterocycles. The van der Waals surface area contributed by atoms with Crippen molar-refractivity contribution in [3.05, 3.63) is 0 Å². The summed E-state index contributed by atoms with van der Waals surface area (Å²) in [6.45, 7) is 11.2. The molecule has 0 saturated heterocycles. The lowest BCUT2D eigenvalue weighted by Crippen LogP contribution is -2.06. The van der Waals surface area contributed by atoms with Gasteiger partial charge in [0.25, 0.3) is 0 Å². The molecule has 0 aromatic carbocycles. The smallest absolute Gasteiger partial charge is 0.0546 e. The van der Waals surface area contributed by atoms with Gasteiger partial charge in [-0.05, 0) is 20.3 Å². The summed E-state index contributed by atoms with van der Waals surface area (Å²) in [5, 5.41) is 0. The summed E-state index contributed by atoms with van der Waals surface area (Å²) in [4.78, 5) is 0. The number of hydrogen-bond acceptors (Lipinski definition) is 1. The standard InChI is InChI=1S/C7H16O.C2H6/c1-4-6-7(3)8-5-2;1-2/h7H,4-6H2,1-3H3;1-2H3. The molecular formula is C9H22O. The average Bonchev–Trinajstić information content (AvgIpc) is 1.93. The SMILES string of the molecule is CC.CCCC(C)OCC. The van der Waals surface area contributed by atoms with E-state index in [9.17, 15) is 0 Å². The lowest BCUT2D eigenvalue weighted by molar-refractivity contribution is 0.0699. The fraction of sp³-hybridized carbons (Fsp3) is 1.00. The number of rotatable bonds is 4. The zero-order chi connectivity index (χ0) is 8.41.